The number of halogens is 2. The van der Waals surface area contributed by atoms with Gasteiger partial charge in [0.15, 0.2) is 11.6 Å². The first kappa shape index (κ1) is 12.7. The predicted octanol–water partition coefficient (Wildman–Crippen LogP) is 3.09. The summed E-state index contributed by atoms with van der Waals surface area (Å²) in [6, 6.07) is 11.1. The minimum absolute atomic E-state index is 0.145. The maximum absolute atomic E-state index is 13.0. The fourth-order valence-corrected chi connectivity index (χ4v) is 1.51. The third kappa shape index (κ3) is 2.93. The van der Waals surface area contributed by atoms with Gasteiger partial charge < -0.3 is 5.32 Å². The zero-order chi connectivity index (χ0) is 13.8. The monoisotopic (exact) mass is 258 g/mol. The number of amides is 1. The summed E-state index contributed by atoms with van der Waals surface area (Å²) in [4.78, 5) is 11.8. The molecule has 0 aliphatic carbocycles. The van der Waals surface area contributed by atoms with E-state index < -0.39 is 17.5 Å². The second kappa shape index (κ2) is 5.27. The van der Waals surface area contributed by atoms with Gasteiger partial charge in [0.05, 0.1) is 11.6 Å². The summed E-state index contributed by atoms with van der Waals surface area (Å²) in [5.41, 5.74) is 0.757. The average molecular weight is 258 g/mol. The van der Waals surface area contributed by atoms with Crippen molar-refractivity contribution in [1.82, 2.24) is 0 Å². The van der Waals surface area contributed by atoms with Gasteiger partial charge in [-0.05, 0) is 30.3 Å². The smallest absolute Gasteiger partial charge is 0.255 e. The first-order valence-electron chi connectivity index (χ1n) is 5.37. The molecule has 0 aliphatic heterocycles. The number of rotatable bonds is 2. The second-order valence-corrected chi connectivity index (χ2v) is 3.78. The van der Waals surface area contributed by atoms with Gasteiger partial charge in [0.2, 0.25) is 0 Å². The molecule has 2 rings (SSSR count). The normalized spacial score (nSPS) is 9.74. The number of anilines is 1. The topological polar surface area (TPSA) is 52.9 Å². The Bertz CT molecular complexity index is 677. The Labute approximate surface area is 108 Å². The number of nitriles is 1. The summed E-state index contributed by atoms with van der Waals surface area (Å²) in [5, 5.41) is 11.2. The van der Waals surface area contributed by atoms with Gasteiger partial charge in [-0.3, -0.25) is 4.79 Å². The van der Waals surface area contributed by atoms with E-state index in [2.05, 4.69) is 5.32 Å². The maximum atomic E-state index is 13.0. The zero-order valence-corrected chi connectivity index (χ0v) is 9.65. The molecule has 0 atom stereocenters. The molecule has 2 aromatic carbocycles. The Morgan fingerprint density at radius 3 is 2.58 bits per heavy atom. The van der Waals surface area contributed by atoms with Crippen LogP contribution in [-0.4, -0.2) is 5.91 Å². The molecule has 0 spiro atoms. The summed E-state index contributed by atoms with van der Waals surface area (Å²) in [5.74, 6) is -2.52. The molecule has 1 amide bonds. The van der Waals surface area contributed by atoms with Gasteiger partial charge in [-0.1, -0.05) is 6.07 Å². The van der Waals surface area contributed by atoms with Crippen LogP contribution in [0.15, 0.2) is 42.5 Å². The first-order chi connectivity index (χ1) is 9.10. The maximum Gasteiger partial charge on any atom is 0.255 e. The van der Waals surface area contributed by atoms with Crippen LogP contribution in [0.1, 0.15) is 15.9 Å². The molecule has 0 saturated heterocycles. The molecular formula is C14H8F2N2O. The van der Waals surface area contributed by atoms with Crippen LogP contribution in [0.2, 0.25) is 0 Å². The minimum atomic E-state index is -1.04. The molecule has 0 unspecified atom stereocenters. The van der Waals surface area contributed by atoms with Crippen LogP contribution >= 0.6 is 0 Å². The van der Waals surface area contributed by atoms with E-state index in [9.17, 15) is 13.6 Å². The van der Waals surface area contributed by atoms with Crippen LogP contribution in [-0.2, 0) is 0 Å². The Hall–Kier alpha value is -2.74. The number of nitrogens with zero attached hydrogens (tertiary/aromatic N) is 1. The first-order valence-corrected chi connectivity index (χ1v) is 5.37. The van der Waals surface area contributed by atoms with Crippen LogP contribution in [0.5, 0.6) is 0 Å². The second-order valence-electron chi connectivity index (χ2n) is 3.78. The molecule has 0 radical (unpaired) electrons. The van der Waals surface area contributed by atoms with Crippen molar-refractivity contribution in [3.63, 3.8) is 0 Å². The number of hydrogen-bond donors (Lipinski definition) is 1. The van der Waals surface area contributed by atoms with Gasteiger partial charge in [0.1, 0.15) is 0 Å². The standard InChI is InChI=1S/C14H8F2N2O/c15-12-5-4-11(7-13(12)16)18-14(19)10-3-1-2-9(6-10)8-17/h1-7H,(H,18,19). The minimum Gasteiger partial charge on any atom is -0.322 e. The van der Waals surface area contributed by atoms with Crippen molar-refractivity contribution in [3.05, 3.63) is 65.2 Å². The van der Waals surface area contributed by atoms with Gasteiger partial charge in [-0.2, -0.15) is 5.26 Å². The molecule has 2 aromatic rings. The number of nitrogens with one attached hydrogen (secondary N) is 1. The van der Waals surface area contributed by atoms with Crippen molar-refractivity contribution in [2.75, 3.05) is 5.32 Å². The SMILES string of the molecule is N#Cc1cccc(C(=O)Nc2ccc(F)c(F)c2)c1. The number of carbonyl (C=O) groups excluding carboxylic acids is 1. The Morgan fingerprint density at radius 1 is 1.11 bits per heavy atom. The van der Waals surface area contributed by atoms with Gasteiger partial charge in [-0.15, -0.1) is 0 Å². The zero-order valence-electron chi connectivity index (χ0n) is 9.65. The van der Waals surface area contributed by atoms with E-state index in [-0.39, 0.29) is 11.3 Å². The fraction of sp³-hybridized carbons (Fsp3) is 0. The molecule has 0 fully saturated rings. The molecule has 3 nitrogen and oxygen atoms in total. The van der Waals surface area contributed by atoms with Crippen LogP contribution in [0.4, 0.5) is 14.5 Å². The number of hydrogen-bond acceptors (Lipinski definition) is 2. The number of carbonyl (C=O) groups is 1. The molecule has 19 heavy (non-hydrogen) atoms. The van der Waals surface area contributed by atoms with Gasteiger partial charge in [-0.25, -0.2) is 8.78 Å². The Morgan fingerprint density at radius 2 is 1.89 bits per heavy atom. The van der Waals surface area contributed by atoms with E-state index in [1.54, 1.807) is 12.1 Å². The highest BCUT2D eigenvalue weighted by atomic mass is 19.2. The summed E-state index contributed by atoms with van der Waals surface area (Å²) in [6.07, 6.45) is 0. The largest absolute Gasteiger partial charge is 0.322 e. The summed E-state index contributed by atoms with van der Waals surface area (Å²) in [6.45, 7) is 0. The highest BCUT2D eigenvalue weighted by Gasteiger charge is 2.08. The lowest BCUT2D eigenvalue weighted by molar-refractivity contribution is 0.102. The molecule has 0 bridgehead atoms. The molecular weight excluding hydrogens is 250 g/mol. The number of benzene rings is 2. The Balaban J connectivity index is 2.21. The molecule has 1 N–H and O–H groups in total. The summed E-state index contributed by atoms with van der Waals surface area (Å²) < 4.78 is 25.7. The molecule has 0 heterocycles. The quantitative estimate of drug-likeness (QED) is 0.899. The fourth-order valence-electron chi connectivity index (χ4n) is 1.51. The molecule has 94 valence electrons. The van der Waals surface area contributed by atoms with E-state index in [4.69, 9.17) is 5.26 Å². The van der Waals surface area contributed by atoms with E-state index in [1.807, 2.05) is 6.07 Å². The average Bonchev–Trinajstić information content (AvgIpc) is 2.43. The molecule has 0 aromatic heterocycles. The van der Waals surface area contributed by atoms with E-state index in [0.717, 1.165) is 12.1 Å². The van der Waals surface area contributed by atoms with Crippen molar-refractivity contribution in [3.8, 4) is 6.07 Å². The Kier molecular flexibility index (Phi) is 3.53. The summed E-state index contributed by atoms with van der Waals surface area (Å²) >= 11 is 0. The van der Waals surface area contributed by atoms with Crippen LogP contribution in [0, 0.1) is 23.0 Å². The summed E-state index contributed by atoms with van der Waals surface area (Å²) in [7, 11) is 0. The third-order valence-electron chi connectivity index (χ3n) is 2.43. The van der Waals surface area contributed by atoms with Crippen molar-refractivity contribution >= 4 is 11.6 Å². The molecule has 0 aliphatic rings. The van der Waals surface area contributed by atoms with Crippen molar-refractivity contribution in [2.24, 2.45) is 0 Å². The van der Waals surface area contributed by atoms with Crippen LogP contribution in [0.25, 0.3) is 0 Å². The van der Waals surface area contributed by atoms with Crippen LogP contribution in [0.3, 0.4) is 0 Å². The highest BCUT2D eigenvalue weighted by Crippen LogP contribution is 2.14. The lowest BCUT2D eigenvalue weighted by atomic mass is 10.1. The van der Waals surface area contributed by atoms with Crippen molar-refractivity contribution < 1.29 is 13.6 Å². The van der Waals surface area contributed by atoms with Gasteiger partial charge >= 0.3 is 0 Å². The van der Waals surface area contributed by atoms with E-state index in [1.165, 1.54) is 18.2 Å². The van der Waals surface area contributed by atoms with E-state index in [0.29, 0.717) is 5.56 Å². The van der Waals surface area contributed by atoms with Crippen molar-refractivity contribution in [2.45, 2.75) is 0 Å². The van der Waals surface area contributed by atoms with Gasteiger partial charge in [0, 0.05) is 17.3 Å². The van der Waals surface area contributed by atoms with E-state index >= 15 is 0 Å². The highest BCUT2D eigenvalue weighted by molar-refractivity contribution is 6.04. The lowest BCUT2D eigenvalue weighted by Gasteiger charge is -2.05. The van der Waals surface area contributed by atoms with Crippen molar-refractivity contribution in [1.29, 1.82) is 5.26 Å². The molecule has 5 heteroatoms. The van der Waals surface area contributed by atoms with Crippen LogP contribution < -0.4 is 5.32 Å². The third-order valence-corrected chi connectivity index (χ3v) is 2.43. The lowest BCUT2D eigenvalue weighted by Crippen LogP contribution is -2.12. The van der Waals surface area contributed by atoms with Gasteiger partial charge in [0.25, 0.3) is 5.91 Å². The molecule has 0 saturated carbocycles. The predicted molar refractivity (Wildman–Crippen MR) is 65.5 cm³/mol.